The van der Waals surface area contributed by atoms with Crippen LogP contribution in [0.2, 0.25) is 5.02 Å². The third-order valence-electron chi connectivity index (χ3n) is 2.68. The van der Waals surface area contributed by atoms with Crippen LogP contribution in [0.15, 0.2) is 24.4 Å². The Hall–Kier alpha value is -1.68. The Bertz CT molecular complexity index is 607. The minimum atomic E-state index is -0.461. The van der Waals surface area contributed by atoms with Gasteiger partial charge in [0.05, 0.1) is 11.3 Å². The smallest absolute Gasteiger partial charge is 0.170 e. The lowest BCUT2D eigenvalue weighted by atomic mass is 10.0. The van der Waals surface area contributed by atoms with E-state index in [1.54, 1.807) is 30.9 Å². The molecule has 2 aromatic rings. The van der Waals surface area contributed by atoms with Gasteiger partial charge in [0.2, 0.25) is 0 Å². The van der Waals surface area contributed by atoms with Crippen LogP contribution in [-0.4, -0.2) is 15.6 Å². The predicted octanol–water partition coefficient (Wildman–Crippen LogP) is 2.95. The van der Waals surface area contributed by atoms with Gasteiger partial charge in [0.15, 0.2) is 5.78 Å². The number of nitrogens with zero attached hydrogens (tertiary/aromatic N) is 2. The number of aryl methyl sites for hydroxylation is 2. The third kappa shape index (κ3) is 2.59. The molecule has 18 heavy (non-hydrogen) atoms. The van der Waals surface area contributed by atoms with Gasteiger partial charge in [-0.05, 0) is 24.6 Å². The van der Waals surface area contributed by atoms with E-state index in [0.717, 1.165) is 0 Å². The van der Waals surface area contributed by atoms with E-state index in [2.05, 4.69) is 5.10 Å². The zero-order chi connectivity index (χ0) is 13.3. The molecule has 3 nitrogen and oxygen atoms in total. The molecule has 0 spiro atoms. The first-order chi connectivity index (χ1) is 8.47. The molecule has 0 aliphatic heterocycles. The van der Waals surface area contributed by atoms with E-state index >= 15 is 0 Å². The molecule has 0 aliphatic carbocycles. The van der Waals surface area contributed by atoms with Crippen molar-refractivity contribution < 1.29 is 9.18 Å². The van der Waals surface area contributed by atoms with E-state index in [-0.39, 0.29) is 12.2 Å². The molecule has 2 rings (SSSR count). The number of hydrogen-bond acceptors (Lipinski definition) is 2. The van der Waals surface area contributed by atoms with Crippen molar-refractivity contribution in [2.45, 2.75) is 13.3 Å². The second-order valence-electron chi connectivity index (χ2n) is 4.14. The van der Waals surface area contributed by atoms with Gasteiger partial charge in [-0.3, -0.25) is 9.48 Å². The molecule has 0 N–H and O–H groups in total. The molecule has 0 radical (unpaired) electrons. The Kier molecular flexibility index (Phi) is 3.48. The molecule has 0 bridgehead atoms. The van der Waals surface area contributed by atoms with Crippen molar-refractivity contribution in [3.05, 3.63) is 52.1 Å². The summed E-state index contributed by atoms with van der Waals surface area (Å²) in [4.78, 5) is 12.0. The second kappa shape index (κ2) is 4.90. The van der Waals surface area contributed by atoms with Crippen molar-refractivity contribution in [2.75, 3.05) is 0 Å². The average Bonchev–Trinajstić information content (AvgIpc) is 2.62. The lowest BCUT2D eigenvalue weighted by molar-refractivity contribution is 0.0991. The summed E-state index contributed by atoms with van der Waals surface area (Å²) in [6.45, 7) is 1.76. The maximum atomic E-state index is 13.6. The fourth-order valence-corrected chi connectivity index (χ4v) is 1.97. The molecule has 0 saturated carbocycles. The Morgan fingerprint density at radius 2 is 2.22 bits per heavy atom. The van der Waals surface area contributed by atoms with E-state index in [4.69, 9.17) is 11.6 Å². The van der Waals surface area contributed by atoms with Crippen molar-refractivity contribution in [3.63, 3.8) is 0 Å². The first kappa shape index (κ1) is 12.8. The van der Waals surface area contributed by atoms with Gasteiger partial charge in [0.25, 0.3) is 0 Å². The summed E-state index contributed by atoms with van der Waals surface area (Å²) in [5.41, 5.74) is 1.51. The molecular weight excluding hydrogens is 255 g/mol. The molecule has 0 unspecified atom stereocenters. The lowest BCUT2D eigenvalue weighted by Gasteiger charge is -2.02. The molecule has 0 saturated heterocycles. The number of aromatic nitrogens is 2. The minimum absolute atomic E-state index is 0.00946. The van der Waals surface area contributed by atoms with Gasteiger partial charge in [-0.2, -0.15) is 5.10 Å². The topological polar surface area (TPSA) is 34.9 Å². The van der Waals surface area contributed by atoms with Crippen LogP contribution in [0.3, 0.4) is 0 Å². The highest BCUT2D eigenvalue weighted by atomic mass is 35.5. The van der Waals surface area contributed by atoms with Crippen molar-refractivity contribution in [3.8, 4) is 0 Å². The number of halogens is 2. The fraction of sp³-hybridized carbons (Fsp3) is 0.231. The van der Waals surface area contributed by atoms with Gasteiger partial charge in [0, 0.05) is 24.7 Å². The number of Topliss-reactive ketones (excluding diaryl/α,β-unsaturated/α-hetero) is 1. The quantitative estimate of drug-likeness (QED) is 0.801. The Balaban J connectivity index is 2.24. The van der Waals surface area contributed by atoms with Gasteiger partial charge >= 0.3 is 0 Å². The summed E-state index contributed by atoms with van der Waals surface area (Å²) in [6.07, 6.45) is 1.65. The zero-order valence-electron chi connectivity index (χ0n) is 10.1. The van der Waals surface area contributed by atoms with Crippen molar-refractivity contribution >= 4 is 17.4 Å². The number of ketones is 1. The number of rotatable bonds is 3. The van der Waals surface area contributed by atoms with Crippen molar-refractivity contribution in [1.29, 1.82) is 0 Å². The fourth-order valence-electron chi connectivity index (χ4n) is 1.81. The first-order valence-corrected chi connectivity index (χ1v) is 5.82. The van der Waals surface area contributed by atoms with Crippen LogP contribution in [-0.2, 0) is 13.5 Å². The maximum absolute atomic E-state index is 13.6. The number of hydrogen-bond donors (Lipinski definition) is 0. The molecule has 94 valence electrons. The molecule has 1 aromatic carbocycles. The molecule has 1 aromatic heterocycles. The highest BCUT2D eigenvalue weighted by Gasteiger charge is 2.15. The Morgan fingerprint density at radius 3 is 2.78 bits per heavy atom. The van der Waals surface area contributed by atoms with E-state index < -0.39 is 5.82 Å². The standard InChI is InChI=1S/C13H12ClFN2O/c1-8-11(7-17(2)16-8)13(18)5-9-3-4-10(14)6-12(9)15/h3-4,6-7H,5H2,1-2H3. The van der Waals surface area contributed by atoms with Crippen LogP contribution in [0.1, 0.15) is 21.6 Å². The summed E-state index contributed by atoms with van der Waals surface area (Å²) >= 11 is 5.66. The molecule has 0 atom stereocenters. The molecule has 5 heteroatoms. The number of benzene rings is 1. The van der Waals surface area contributed by atoms with Crippen LogP contribution in [0.25, 0.3) is 0 Å². The van der Waals surface area contributed by atoms with Crippen LogP contribution in [0, 0.1) is 12.7 Å². The molecule has 1 heterocycles. The van der Waals surface area contributed by atoms with Crippen LogP contribution in [0.4, 0.5) is 4.39 Å². The normalized spacial score (nSPS) is 10.7. The van der Waals surface area contributed by atoms with Crippen LogP contribution in [0.5, 0.6) is 0 Å². The van der Waals surface area contributed by atoms with E-state index in [1.165, 1.54) is 12.1 Å². The Morgan fingerprint density at radius 1 is 1.50 bits per heavy atom. The van der Waals surface area contributed by atoms with E-state index in [9.17, 15) is 9.18 Å². The summed E-state index contributed by atoms with van der Waals surface area (Å²) in [5, 5.41) is 4.41. The lowest BCUT2D eigenvalue weighted by Crippen LogP contribution is -2.05. The van der Waals surface area contributed by atoms with Gasteiger partial charge < -0.3 is 0 Å². The monoisotopic (exact) mass is 266 g/mol. The second-order valence-corrected chi connectivity index (χ2v) is 4.57. The third-order valence-corrected chi connectivity index (χ3v) is 2.92. The van der Waals surface area contributed by atoms with E-state index in [0.29, 0.717) is 21.8 Å². The largest absolute Gasteiger partial charge is 0.294 e. The van der Waals surface area contributed by atoms with Crippen LogP contribution >= 0.6 is 11.6 Å². The van der Waals surface area contributed by atoms with Gasteiger partial charge in [-0.15, -0.1) is 0 Å². The summed E-state index contributed by atoms with van der Waals surface area (Å²) in [5.74, 6) is -0.612. The highest BCUT2D eigenvalue weighted by Crippen LogP contribution is 2.17. The summed E-state index contributed by atoms with van der Waals surface area (Å²) < 4.78 is 15.1. The number of carbonyl (C=O) groups excluding carboxylic acids is 1. The van der Waals surface area contributed by atoms with Crippen molar-refractivity contribution in [1.82, 2.24) is 9.78 Å². The zero-order valence-corrected chi connectivity index (χ0v) is 10.8. The van der Waals surface area contributed by atoms with Gasteiger partial charge in [-0.1, -0.05) is 17.7 Å². The van der Waals surface area contributed by atoms with E-state index in [1.807, 2.05) is 0 Å². The molecule has 0 aliphatic rings. The summed E-state index contributed by atoms with van der Waals surface area (Å²) in [7, 11) is 1.74. The molecular formula is C13H12ClFN2O. The SMILES string of the molecule is Cc1nn(C)cc1C(=O)Cc1ccc(Cl)cc1F. The average molecular weight is 267 g/mol. The first-order valence-electron chi connectivity index (χ1n) is 5.44. The Labute approximate surface area is 109 Å². The van der Waals surface area contributed by atoms with Gasteiger partial charge in [-0.25, -0.2) is 4.39 Å². The van der Waals surface area contributed by atoms with Crippen molar-refractivity contribution in [2.24, 2.45) is 7.05 Å². The summed E-state index contributed by atoms with van der Waals surface area (Å²) in [6, 6.07) is 4.31. The number of carbonyl (C=O) groups is 1. The minimum Gasteiger partial charge on any atom is -0.294 e. The highest BCUT2D eigenvalue weighted by molar-refractivity contribution is 6.30. The molecule has 0 fully saturated rings. The maximum Gasteiger partial charge on any atom is 0.170 e. The predicted molar refractivity (Wildman–Crippen MR) is 67.4 cm³/mol. The molecule has 0 amide bonds. The van der Waals surface area contributed by atoms with Gasteiger partial charge in [0.1, 0.15) is 5.82 Å². The van der Waals surface area contributed by atoms with Crippen LogP contribution < -0.4 is 0 Å².